The maximum atomic E-state index is 12.2. The summed E-state index contributed by atoms with van der Waals surface area (Å²) >= 11 is 4.22. The molecule has 0 saturated heterocycles. The van der Waals surface area contributed by atoms with Crippen LogP contribution in [0.1, 0.15) is 21.5 Å². The average Bonchev–Trinajstić information content (AvgIpc) is 2.54. The van der Waals surface area contributed by atoms with Gasteiger partial charge in [0.1, 0.15) is 0 Å². The van der Waals surface area contributed by atoms with Crippen molar-refractivity contribution in [2.75, 3.05) is 13.1 Å². The summed E-state index contributed by atoms with van der Waals surface area (Å²) < 4.78 is 26.9. The number of carbonyl (C=O) groups is 1. The van der Waals surface area contributed by atoms with Gasteiger partial charge < -0.3 is 5.32 Å². The SMILES string of the molecule is Cc1ccc(S(=O)(=O)NCCNC(=O)c2ccccc2S)cc1C. The van der Waals surface area contributed by atoms with Crippen molar-refractivity contribution in [1.82, 2.24) is 10.0 Å². The molecule has 0 aliphatic heterocycles. The zero-order valence-electron chi connectivity index (χ0n) is 13.5. The fourth-order valence-electron chi connectivity index (χ4n) is 2.09. The van der Waals surface area contributed by atoms with Crippen LogP contribution in [-0.4, -0.2) is 27.4 Å². The van der Waals surface area contributed by atoms with E-state index in [1.165, 1.54) is 0 Å². The molecule has 0 unspecified atom stereocenters. The molecule has 1 amide bonds. The Balaban J connectivity index is 1.90. The third-order valence-electron chi connectivity index (χ3n) is 3.64. The molecule has 2 N–H and O–H groups in total. The lowest BCUT2D eigenvalue weighted by Gasteiger charge is -2.10. The lowest BCUT2D eigenvalue weighted by Crippen LogP contribution is -2.34. The Hall–Kier alpha value is -1.83. The number of amides is 1. The number of carbonyl (C=O) groups excluding carboxylic acids is 1. The van der Waals surface area contributed by atoms with Gasteiger partial charge in [-0.3, -0.25) is 4.79 Å². The van der Waals surface area contributed by atoms with E-state index in [1.54, 1.807) is 42.5 Å². The molecular weight excluding hydrogens is 344 g/mol. The van der Waals surface area contributed by atoms with E-state index in [-0.39, 0.29) is 23.9 Å². The van der Waals surface area contributed by atoms with Gasteiger partial charge in [0.25, 0.3) is 5.91 Å². The molecule has 2 aromatic carbocycles. The number of rotatable bonds is 6. The molecule has 0 saturated carbocycles. The Morgan fingerprint density at radius 3 is 2.42 bits per heavy atom. The normalized spacial score (nSPS) is 11.3. The van der Waals surface area contributed by atoms with Crippen LogP contribution in [0.5, 0.6) is 0 Å². The number of sulfonamides is 1. The lowest BCUT2D eigenvalue weighted by molar-refractivity contribution is 0.0951. The smallest absolute Gasteiger partial charge is 0.252 e. The van der Waals surface area contributed by atoms with Crippen LogP contribution in [0.25, 0.3) is 0 Å². The maximum absolute atomic E-state index is 12.2. The minimum absolute atomic E-state index is 0.107. The van der Waals surface area contributed by atoms with Gasteiger partial charge in [-0.1, -0.05) is 18.2 Å². The molecular formula is C17H20N2O3S2. The zero-order valence-corrected chi connectivity index (χ0v) is 15.2. The number of benzene rings is 2. The summed E-state index contributed by atoms with van der Waals surface area (Å²) in [6, 6.07) is 11.9. The first-order valence-electron chi connectivity index (χ1n) is 7.44. The van der Waals surface area contributed by atoms with Crippen LogP contribution in [0.15, 0.2) is 52.3 Å². The number of thiol groups is 1. The van der Waals surface area contributed by atoms with Gasteiger partial charge in [0.15, 0.2) is 0 Å². The number of nitrogens with one attached hydrogen (secondary N) is 2. The zero-order chi connectivity index (χ0) is 17.7. The topological polar surface area (TPSA) is 75.3 Å². The molecule has 0 aliphatic carbocycles. The first-order chi connectivity index (χ1) is 11.3. The molecule has 2 aromatic rings. The summed E-state index contributed by atoms with van der Waals surface area (Å²) in [7, 11) is -3.59. The molecule has 128 valence electrons. The summed E-state index contributed by atoms with van der Waals surface area (Å²) in [5.74, 6) is -0.286. The second kappa shape index (κ2) is 7.83. The fraction of sp³-hybridized carbons (Fsp3) is 0.235. The molecule has 0 heterocycles. The highest BCUT2D eigenvalue weighted by molar-refractivity contribution is 7.89. The number of aryl methyl sites for hydroxylation is 2. The lowest BCUT2D eigenvalue weighted by atomic mass is 10.1. The van der Waals surface area contributed by atoms with Gasteiger partial charge in [-0.05, 0) is 49.2 Å². The van der Waals surface area contributed by atoms with Gasteiger partial charge in [0, 0.05) is 18.0 Å². The van der Waals surface area contributed by atoms with Gasteiger partial charge in [-0.25, -0.2) is 13.1 Å². The molecule has 0 bridgehead atoms. The van der Waals surface area contributed by atoms with Gasteiger partial charge >= 0.3 is 0 Å². The molecule has 0 fully saturated rings. The van der Waals surface area contributed by atoms with Crippen LogP contribution in [-0.2, 0) is 10.0 Å². The van der Waals surface area contributed by atoms with Crippen LogP contribution in [0.3, 0.4) is 0 Å². The highest BCUT2D eigenvalue weighted by Gasteiger charge is 2.14. The molecule has 24 heavy (non-hydrogen) atoms. The predicted molar refractivity (Wildman–Crippen MR) is 97.1 cm³/mol. The minimum Gasteiger partial charge on any atom is -0.351 e. The first-order valence-corrected chi connectivity index (χ1v) is 9.37. The van der Waals surface area contributed by atoms with E-state index >= 15 is 0 Å². The van der Waals surface area contributed by atoms with Crippen molar-refractivity contribution in [3.63, 3.8) is 0 Å². The molecule has 0 atom stereocenters. The number of hydrogen-bond acceptors (Lipinski definition) is 4. The van der Waals surface area contributed by atoms with Gasteiger partial charge in [0.2, 0.25) is 10.0 Å². The van der Waals surface area contributed by atoms with E-state index in [9.17, 15) is 13.2 Å². The Morgan fingerprint density at radius 1 is 1.04 bits per heavy atom. The fourth-order valence-corrected chi connectivity index (χ4v) is 3.47. The third kappa shape index (κ3) is 4.59. The third-order valence-corrected chi connectivity index (χ3v) is 5.49. The molecule has 7 heteroatoms. The Bertz CT molecular complexity index is 849. The second-order valence-electron chi connectivity index (χ2n) is 5.42. The van der Waals surface area contributed by atoms with E-state index in [2.05, 4.69) is 22.7 Å². The Kier molecular flexibility index (Phi) is 6.04. The van der Waals surface area contributed by atoms with Crippen LogP contribution < -0.4 is 10.0 Å². The molecule has 0 radical (unpaired) electrons. The summed E-state index contributed by atoms with van der Waals surface area (Å²) in [6.45, 7) is 4.08. The van der Waals surface area contributed by atoms with Gasteiger partial charge in [0.05, 0.1) is 10.5 Å². The maximum Gasteiger partial charge on any atom is 0.252 e. The Morgan fingerprint density at radius 2 is 1.75 bits per heavy atom. The second-order valence-corrected chi connectivity index (χ2v) is 7.67. The minimum atomic E-state index is -3.59. The van der Waals surface area contributed by atoms with Crippen LogP contribution in [0.2, 0.25) is 0 Å². The predicted octanol–water partition coefficient (Wildman–Crippen LogP) is 2.30. The van der Waals surface area contributed by atoms with E-state index < -0.39 is 10.0 Å². The van der Waals surface area contributed by atoms with Crippen molar-refractivity contribution in [2.24, 2.45) is 0 Å². The van der Waals surface area contributed by atoms with E-state index in [4.69, 9.17) is 0 Å². The number of hydrogen-bond donors (Lipinski definition) is 3. The highest BCUT2D eigenvalue weighted by Crippen LogP contribution is 2.14. The summed E-state index contributed by atoms with van der Waals surface area (Å²) in [6.07, 6.45) is 0. The molecule has 0 aliphatic rings. The summed E-state index contributed by atoms with van der Waals surface area (Å²) in [5, 5.41) is 2.67. The average molecular weight is 364 g/mol. The largest absolute Gasteiger partial charge is 0.351 e. The van der Waals surface area contributed by atoms with Crippen LogP contribution >= 0.6 is 12.6 Å². The van der Waals surface area contributed by atoms with Crippen molar-refractivity contribution in [1.29, 1.82) is 0 Å². The quantitative estimate of drug-likeness (QED) is 0.544. The van der Waals surface area contributed by atoms with Crippen molar-refractivity contribution >= 4 is 28.6 Å². The molecule has 0 aromatic heterocycles. The van der Waals surface area contributed by atoms with Gasteiger partial charge in [-0.2, -0.15) is 0 Å². The molecule has 5 nitrogen and oxygen atoms in total. The Labute approximate surface area is 147 Å². The molecule has 2 rings (SSSR count). The monoisotopic (exact) mass is 364 g/mol. The van der Waals surface area contributed by atoms with E-state index in [0.717, 1.165) is 11.1 Å². The van der Waals surface area contributed by atoms with Crippen molar-refractivity contribution in [2.45, 2.75) is 23.6 Å². The van der Waals surface area contributed by atoms with Gasteiger partial charge in [-0.15, -0.1) is 12.6 Å². The highest BCUT2D eigenvalue weighted by atomic mass is 32.2. The summed E-state index contributed by atoms with van der Waals surface area (Å²) in [4.78, 5) is 12.8. The molecule has 0 spiro atoms. The summed E-state index contributed by atoms with van der Waals surface area (Å²) in [5.41, 5.74) is 2.40. The van der Waals surface area contributed by atoms with Crippen LogP contribution in [0, 0.1) is 13.8 Å². The van der Waals surface area contributed by atoms with E-state index in [1.807, 2.05) is 13.8 Å². The van der Waals surface area contributed by atoms with Crippen molar-refractivity contribution < 1.29 is 13.2 Å². The van der Waals surface area contributed by atoms with E-state index in [0.29, 0.717) is 10.5 Å². The van der Waals surface area contributed by atoms with Crippen LogP contribution in [0.4, 0.5) is 0 Å². The first kappa shape index (κ1) is 18.5. The standard InChI is InChI=1S/C17H20N2O3S2/c1-12-7-8-14(11-13(12)2)24(21,22)19-10-9-18-17(20)15-5-3-4-6-16(15)23/h3-8,11,19,23H,9-10H2,1-2H3,(H,18,20). The van der Waals surface area contributed by atoms with Crippen molar-refractivity contribution in [3.8, 4) is 0 Å². The van der Waals surface area contributed by atoms with Crippen molar-refractivity contribution in [3.05, 3.63) is 59.2 Å².